The Balaban J connectivity index is 1.33. The zero-order valence-corrected chi connectivity index (χ0v) is 24.0. The lowest BCUT2D eigenvalue weighted by atomic mass is 9.98. The zero-order valence-electron chi connectivity index (χ0n) is 24.0. The highest BCUT2D eigenvalue weighted by atomic mass is 16.6. The number of aliphatic hydroxyl groups is 1. The number of fused-ring (bicyclic) bond motifs is 1. The number of hydrogen-bond donors (Lipinski definition) is 2. The molecule has 7 heteroatoms. The molecule has 0 amide bonds. The van der Waals surface area contributed by atoms with E-state index in [2.05, 4.69) is 86.6 Å². The number of anilines is 1. The summed E-state index contributed by atoms with van der Waals surface area (Å²) < 4.78 is 4.33. The average molecular weight is 571 g/mol. The van der Waals surface area contributed by atoms with Gasteiger partial charge in [0.25, 0.3) is 0 Å². The molecule has 1 unspecified atom stereocenters. The third-order valence-electron chi connectivity index (χ3n) is 7.67. The molecular formula is C36H36N5O2+. The third kappa shape index (κ3) is 6.97. The van der Waals surface area contributed by atoms with Crippen LogP contribution in [-0.4, -0.2) is 25.7 Å². The van der Waals surface area contributed by atoms with Crippen LogP contribution in [0.25, 0.3) is 11.2 Å². The molecule has 2 N–H and O–H groups in total. The molecule has 0 fully saturated rings. The lowest BCUT2D eigenvalue weighted by Gasteiger charge is -2.16. The Morgan fingerprint density at radius 1 is 0.721 bits per heavy atom. The number of aliphatic hydroxyl groups excluding tert-OH is 1. The molecule has 0 saturated heterocycles. The molecule has 0 aliphatic rings. The summed E-state index contributed by atoms with van der Waals surface area (Å²) in [4.78, 5) is 15.3. The van der Waals surface area contributed by atoms with E-state index in [1.807, 2.05) is 60.7 Å². The van der Waals surface area contributed by atoms with E-state index in [-0.39, 0.29) is 6.04 Å². The van der Waals surface area contributed by atoms with Crippen molar-refractivity contribution in [3.05, 3.63) is 156 Å². The monoisotopic (exact) mass is 570 g/mol. The smallest absolute Gasteiger partial charge is 0.308 e. The molecule has 4 aromatic carbocycles. The summed E-state index contributed by atoms with van der Waals surface area (Å²) in [6.45, 7) is 0.985. The van der Waals surface area contributed by atoms with Crippen molar-refractivity contribution in [1.29, 1.82) is 0 Å². The lowest BCUT2D eigenvalue weighted by molar-refractivity contribution is -0.682. The van der Waals surface area contributed by atoms with Gasteiger partial charge in [-0.3, -0.25) is 9.40 Å². The molecule has 1 atom stereocenters. The van der Waals surface area contributed by atoms with Gasteiger partial charge in [-0.05, 0) is 35.1 Å². The summed E-state index contributed by atoms with van der Waals surface area (Å²) in [5.74, 6) is 0.582. The molecule has 6 aromatic rings. The summed E-state index contributed by atoms with van der Waals surface area (Å²) in [5, 5.41) is 11.0. The molecule has 7 nitrogen and oxygen atoms in total. The fourth-order valence-corrected chi connectivity index (χ4v) is 5.48. The highest BCUT2D eigenvalue weighted by Gasteiger charge is 2.29. The van der Waals surface area contributed by atoms with E-state index in [4.69, 9.17) is 9.82 Å². The second-order valence-electron chi connectivity index (χ2n) is 10.7. The minimum Gasteiger partial charge on any atom is -0.393 e. The van der Waals surface area contributed by atoms with Gasteiger partial charge in [-0.25, -0.2) is 10.0 Å². The molecule has 0 saturated carbocycles. The number of nitrogens with zero attached hydrogens (tertiary/aromatic N) is 4. The van der Waals surface area contributed by atoms with E-state index < -0.39 is 6.10 Å². The maximum Gasteiger partial charge on any atom is 0.308 e. The molecule has 2 aromatic heterocycles. The molecular weight excluding hydrogens is 534 g/mol. The minimum atomic E-state index is -0.444. The van der Waals surface area contributed by atoms with E-state index in [0.717, 1.165) is 34.3 Å². The van der Waals surface area contributed by atoms with Crippen molar-refractivity contribution in [2.45, 2.75) is 44.6 Å². The maximum atomic E-state index is 11.0. The van der Waals surface area contributed by atoms with Crippen LogP contribution >= 0.6 is 0 Å². The van der Waals surface area contributed by atoms with Crippen LogP contribution in [0.2, 0.25) is 0 Å². The average Bonchev–Trinajstić information content (AvgIpc) is 3.44. The standard InChI is InChI=1S/C36H36N5O2/c42-32(22-21-28-13-5-1-6-14-28)23-24-40-27-41(33(30-17-9-3-10-18-30)31-19-11-4-12-20-31)36-34(40)35(37-26-38-36)39-43-25-29-15-7-2-8-16-29/h1-20,26-27,32-33,42H,21-25H2,(H,37,38,39)/q+1. The molecule has 0 spiro atoms. The molecule has 6 rings (SSSR count). The van der Waals surface area contributed by atoms with E-state index in [1.165, 1.54) is 5.56 Å². The topological polar surface area (TPSA) is 76.1 Å². The summed E-state index contributed by atoms with van der Waals surface area (Å²) >= 11 is 0. The van der Waals surface area contributed by atoms with Gasteiger partial charge in [-0.2, -0.15) is 4.98 Å². The predicted octanol–water partition coefficient (Wildman–Crippen LogP) is 6.28. The molecule has 2 heterocycles. The van der Waals surface area contributed by atoms with Crippen LogP contribution in [0, 0.1) is 0 Å². The Kier molecular flexibility index (Phi) is 9.13. The van der Waals surface area contributed by atoms with Crippen LogP contribution in [0.5, 0.6) is 0 Å². The quantitative estimate of drug-likeness (QED) is 0.126. The number of hydrogen-bond acceptors (Lipinski definition) is 5. The third-order valence-corrected chi connectivity index (χ3v) is 7.67. The first kappa shape index (κ1) is 28.3. The summed E-state index contributed by atoms with van der Waals surface area (Å²) in [7, 11) is 0. The van der Waals surface area contributed by atoms with Gasteiger partial charge in [0.2, 0.25) is 5.52 Å². The van der Waals surface area contributed by atoms with Crippen LogP contribution in [0.15, 0.2) is 134 Å². The van der Waals surface area contributed by atoms with Crippen molar-refractivity contribution < 1.29 is 14.5 Å². The van der Waals surface area contributed by atoms with Gasteiger partial charge < -0.3 is 5.11 Å². The Bertz CT molecular complexity index is 1670. The second kappa shape index (κ2) is 13.9. The predicted molar refractivity (Wildman–Crippen MR) is 168 cm³/mol. The van der Waals surface area contributed by atoms with E-state index >= 15 is 0 Å². The number of aromatic nitrogens is 4. The summed E-state index contributed by atoms with van der Waals surface area (Å²) in [6.07, 6.45) is 5.34. The fourth-order valence-electron chi connectivity index (χ4n) is 5.48. The van der Waals surface area contributed by atoms with Crippen molar-refractivity contribution >= 4 is 17.0 Å². The fraction of sp³-hybridized carbons (Fsp3) is 0.194. The Morgan fingerprint density at radius 3 is 1.93 bits per heavy atom. The highest BCUT2D eigenvalue weighted by Crippen LogP contribution is 2.26. The maximum absolute atomic E-state index is 11.0. The molecule has 0 bridgehead atoms. The number of nitrogens with one attached hydrogen (secondary N) is 1. The van der Waals surface area contributed by atoms with Gasteiger partial charge in [-0.1, -0.05) is 126 Å². The van der Waals surface area contributed by atoms with Crippen molar-refractivity contribution in [2.75, 3.05) is 5.48 Å². The molecule has 0 aliphatic heterocycles. The van der Waals surface area contributed by atoms with Gasteiger partial charge in [0.1, 0.15) is 6.04 Å². The number of rotatable bonds is 13. The molecule has 0 radical (unpaired) electrons. The molecule has 0 aliphatic carbocycles. The first-order valence-corrected chi connectivity index (χ1v) is 14.7. The largest absolute Gasteiger partial charge is 0.393 e. The number of benzene rings is 4. The molecule has 43 heavy (non-hydrogen) atoms. The second-order valence-corrected chi connectivity index (χ2v) is 10.7. The number of imidazole rings is 1. The van der Waals surface area contributed by atoms with Gasteiger partial charge in [-0.15, -0.1) is 0 Å². The first-order valence-electron chi connectivity index (χ1n) is 14.7. The minimum absolute atomic E-state index is 0.109. The van der Waals surface area contributed by atoms with Crippen LogP contribution in [0.3, 0.4) is 0 Å². The Morgan fingerprint density at radius 2 is 1.30 bits per heavy atom. The van der Waals surface area contributed by atoms with Crippen molar-refractivity contribution in [2.24, 2.45) is 0 Å². The van der Waals surface area contributed by atoms with Crippen LogP contribution in [-0.2, 0) is 24.4 Å². The van der Waals surface area contributed by atoms with Crippen LogP contribution < -0.4 is 10.0 Å². The first-order chi connectivity index (χ1) is 21.3. The zero-order chi connectivity index (χ0) is 29.3. The van der Waals surface area contributed by atoms with E-state index in [9.17, 15) is 5.11 Å². The van der Waals surface area contributed by atoms with E-state index in [1.54, 1.807) is 6.33 Å². The van der Waals surface area contributed by atoms with Crippen LogP contribution in [0.1, 0.15) is 41.1 Å². The van der Waals surface area contributed by atoms with Crippen molar-refractivity contribution in [3.63, 3.8) is 0 Å². The van der Waals surface area contributed by atoms with Gasteiger partial charge >= 0.3 is 5.65 Å². The number of aryl methyl sites for hydroxylation is 2. The molecule has 216 valence electrons. The lowest BCUT2D eigenvalue weighted by Crippen LogP contribution is -2.40. The Hall–Kier alpha value is -4.85. The van der Waals surface area contributed by atoms with Crippen LogP contribution in [0.4, 0.5) is 5.82 Å². The van der Waals surface area contributed by atoms with E-state index in [0.29, 0.717) is 31.8 Å². The Labute approximate surface area is 252 Å². The van der Waals surface area contributed by atoms with Gasteiger partial charge in [0.15, 0.2) is 18.5 Å². The van der Waals surface area contributed by atoms with Gasteiger partial charge in [0.05, 0.1) is 19.3 Å². The van der Waals surface area contributed by atoms with Crippen molar-refractivity contribution in [3.8, 4) is 0 Å². The summed E-state index contributed by atoms with van der Waals surface area (Å²) in [5.41, 5.74) is 9.27. The SMILES string of the molecule is OC(CCc1ccccc1)CCn1c[n+](C(c2ccccc2)c2ccccc2)c2ncnc(NOCc3ccccc3)c21. The normalized spacial score (nSPS) is 12.0. The van der Waals surface area contributed by atoms with Crippen molar-refractivity contribution in [1.82, 2.24) is 14.5 Å². The summed E-state index contributed by atoms with van der Waals surface area (Å²) in [6, 6.07) is 41.1. The highest BCUT2D eigenvalue weighted by molar-refractivity contribution is 5.80. The van der Waals surface area contributed by atoms with Gasteiger partial charge in [0, 0.05) is 6.42 Å².